The van der Waals surface area contributed by atoms with Crippen molar-refractivity contribution in [3.8, 4) is 11.8 Å². The van der Waals surface area contributed by atoms with Crippen LogP contribution in [0.1, 0.15) is 25.0 Å². The number of pyridine rings is 1. The molecule has 3 rings (SSSR count). The summed E-state index contributed by atoms with van der Waals surface area (Å²) < 4.78 is 0. The first-order chi connectivity index (χ1) is 10.7. The van der Waals surface area contributed by atoms with Gasteiger partial charge >= 0.3 is 0 Å². The van der Waals surface area contributed by atoms with Gasteiger partial charge in [0.25, 0.3) is 5.91 Å². The first kappa shape index (κ1) is 17.5. The number of likely N-dealkylation sites (N-methyl/N-ethyl adjacent to an activating group) is 1. The van der Waals surface area contributed by atoms with Gasteiger partial charge in [-0.2, -0.15) is 0 Å². The lowest BCUT2D eigenvalue weighted by molar-refractivity contribution is -0.128. The van der Waals surface area contributed by atoms with Crippen LogP contribution in [0.4, 0.5) is 0 Å². The number of hydrogen-bond acceptors (Lipinski definition) is 3. The van der Waals surface area contributed by atoms with Crippen molar-refractivity contribution >= 4 is 18.3 Å². The summed E-state index contributed by atoms with van der Waals surface area (Å²) >= 11 is 0. The number of hydrogen-bond donors (Lipinski definition) is 0. The minimum absolute atomic E-state index is 0. The maximum absolute atomic E-state index is 12.7. The van der Waals surface area contributed by atoms with Gasteiger partial charge in [-0.3, -0.25) is 4.79 Å². The van der Waals surface area contributed by atoms with Crippen LogP contribution in [0, 0.1) is 11.8 Å². The SMILES string of the molecule is CN1CCN(C(=O)C2=C(C#Cc3ccccn3)CCC2)CC1.Cl. The third-order valence-electron chi connectivity index (χ3n) is 4.27. The Morgan fingerprint density at radius 1 is 1.13 bits per heavy atom. The first-order valence-corrected chi connectivity index (χ1v) is 7.87. The van der Waals surface area contributed by atoms with E-state index in [-0.39, 0.29) is 18.3 Å². The Labute approximate surface area is 144 Å². The number of piperazine rings is 1. The molecule has 1 fully saturated rings. The lowest BCUT2D eigenvalue weighted by Gasteiger charge is -2.32. The van der Waals surface area contributed by atoms with Gasteiger partial charge in [-0.05, 0) is 44.4 Å². The number of aromatic nitrogens is 1. The maximum Gasteiger partial charge on any atom is 0.250 e. The van der Waals surface area contributed by atoms with Crippen molar-refractivity contribution in [2.75, 3.05) is 33.2 Å². The van der Waals surface area contributed by atoms with Crippen LogP contribution in [0.15, 0.2) is 35.5 Å². The molecule has 4 nitrogen and oxygen atoms in total. The van der Waals surface area contributed by atoms with Gasteiger partial charge < -0.3 is 9.80 Å². The van der Waals surface area contributed by atoms with Crippen LogP contribution in [-0.2, 0) is 4.79 Å². The molecule has 1 saturated heterocycles. The van der Waals surface area contributed by atoms with E-state index in [0.717, 1.165) is 62.3 Å². The third-order valence-corrected chi connectivity index (χ3v) is 4.27. The Balaban J connectivity index is 0.00000192. The number of nitrogens with zero attached hydrogens (tertiary/aromatic N) is 3. The molecule has 1 aromatic rings. The zero-order valence-electron chi connectivity index (χ0n) is 13.4. The summed E-state index contributed by atoms with van der Waals surface area (Å²) in [6, 6.07) is 5.70. The monoisotopic (exact) mass is 331 g/mol. The van der Waals surface area contributed by atoms with E-state index in [9.17, 15) is 4.79 Å². The number of halogens is 1. The van der Waals surface area contributed by atoms with Crippen LogP contribution in [0.2, 0.25) is 0 Å². The molecule has 122 valence electrons. The molecule has 1 aliphatic heterocycles. The molecule has 5 heteroatoms. The molecule has 0 bridgehead atoms. The van der Waals surface area contributed by atoms with E-state index in [1.807, 2.05) is 23.1 Å². The first-order valence-electron chi connectivity index (χ1n) is 7.87. The van der Waals surface area contributed by atoms with Gasteiger partial charge in [0, 0.05) is 43.5 Å². The van der Waals surface area contributed by atoms with E-state index >= 15 is 0 Å². The van der Waals surface area contributed by atoms with Gasteiger partial charge in [0.05, 0.1) is 0 Å². The Morgan fingerprint density at radius 2 is 1.91 bits per heavy atom. The molecule has 2 heterocycles. The van der Waals surface area contributed by atoms with Crippen molar-refractivity contribution in [3.05, 3.63) is 41.2 Å². The Kier molecular flexibility index (Phi) is 6.20. The minimum atomic E-state index is 0. The van der Waals surface area contributed by atoms with Crippen LogP contribution in [-0.4, -0.2) is 53.9 Å². The summed E-state index contributed by atoms with van der Waals surface area (Å²) in [5, 5.41) is 0. The van der Waals surface area contributed by atoms with Gasteiger partial charge in [-0.15, -0.1) is 12.4 Å². The fourth-order valence-electron chi connectivity index (χ4n) is 2.89. The van der Waals surface area contributed by atoms with Crippen molar-refractivity contribution in [1.82, 2.24) is 14.8 Å². The molecule has 0 atom stereocenters. The lowest BCUT2D eigenvalue weighted by Crippen LogP contribution is -2.47. The standard InChI is InChI=1S/C18H21N3O.ClH/c1-20-11-13-21(14-12-20)18(22)17-7-4-5-15(17)8-9-16-6-2-3-10-19-16;/h2-3,6,10H,4-5,7,11-14H2,1H3;1H. The molecule has 0 spiro atoms. The molecule has 23 heavy (non-hydrogen) atoms. The highest BCUT2D eigenvalue weighted by atomic mass is 35.5. The number of carbonyl (C=O) groups is 1. The second kappa shape index (κ2) is 8.14. The molecule has 0 aromatic carbocycles. The van der Waals surface area contributed by atoms with Crippen LogP contribution in [0.3, 0.4) is 0 Å². The van der Waals surface area contributed by atoms with E-state index in [4.69, 9.17) is 0 Å². The summed E-state index contributed by atoms with van der Waals surface area (Å²) in [4.78, 5) is 21.1. The van der Waals surface area contributed by atoms with Crippen LogP contribution in [0.25, 0.3) is 0 Å². The van der Waals surface area contributed by atoms with E-state index < -0.39 is 0 Å². The van der Waals surface area contributed by atoms with E-state index in [2.05, 4.69) is 28.8 Å². The smallest absolute Gasteiger partial charge is 0.250 e. The molecular formula is C18H22ClN3O. The number of allylic oxidation sites excluding steroid dienone is 1. The minimum Gasteiger partial charge on any atom is -0.336 e. The lowest BCUT2D eigenvalue weighted by atomic mass is 10.1. The average molecular weight is 332 g/mol. The van der Waals surface area contributed by atoms with E-state index in [1.165, 1.54) is 0 Å². The van der Waals surface area contributed by atoms with Crippen LogP contribution in [0.5, 0.6) is 0 Å². The molecule has 0 N–H and O–H groups in total. The highest BCUT2D eigenvalue weighted by Gasteiger charge is 2.26. The predicted molar refractivity (Wildman–Crippen MR) is 93.3 cm³/mol. The van der Waals surface area contributed by atoms with Crippen molar-refractivity contribution in [2.45, 2.75) is 19.3 Å². The maximum atomic E-state index is 12.7. The Bertz CT molecular complexity index is 637. The van der Waals surface area contributed by atoms with Gasteiger partial charge in [0.2, 0.25) is 0 Å². The van der Waals surface area contributed by atoms with Gasteiger partial charge in [0.15, 0.2) is 0 Å². The van der Waals surface area contributed by atoms with Crippen molar-refractivity contribution < 1.29 is 4.79 Å². The highest BCUT2D eigenvalue weighted by molar-refractivity contribution is 5.95. The quantitative estimate of drug-likeness (QED) is 0.740. The van der Waals surface area contributed by atoms with Gasteiger partial charge in [0.1, 0.15) is 5.69 Å². The summed E-state index contributed by atoms with van der Waals surface area (Å²) in [6.45, 7) is 3.54. The van der Waals surface area contributed by atoms with Gasteiger partial charge in [-0.1, -0.05) is 12.0 Å². The zero-order chi connectivity index (χ0) is 15.4. The fourth-order valence-corrected chi connectivity index (χ4v) is 2.89. The molecule has 0 unspecified atom stereocenters. The number of amides is 1. The second-order valence-corrected chi connectivity index (χ2v) is 5.87. The van der Waals surface area contributed by atoms with Gasteiger partial charge in [-0.25, -0.2) is 4.98 Å². The number of rotatable bonds is 1. The van der Waals surface area contributed by atoms with Crippen molar-refractivity contribution in [1.29, 1.82) is 0 Å². The molecule has 1 aliphatic carbocycles. The predicted octanol–water partition coefficient (Wildman–Crippen LogP) is 2.11. The largest absolute Gasteiger partial charge is 0.336 e. The van der Waals surface area contributed by atoms with Crippen molar-refractivity contribution in [3.63, 3.8) is 0 Å². The second-order valence-electron chi connectivity index (χ2n) is 5.87. The summed E-state index contributed by atoms with van der Waals surface area (Å²) in [5.74, 6) is 6.46. The topological polar surface area (TPSA) is 36.4 Å². The molecule has 2 aliphatic rings. The Hall–Kier alpha value is -1.83. The molecule has 0 saturated carbocycles. The van der Waals surface area contributed by atoms with Crippen LogP contribution >= 0.6 is 12.4 Å². The molecule has 1 amide bonds. The van der Waals surface area contributed by atoms with E-state index in [0.29, 0.717) is 0 Å². The molecular weight excluding hydrogens is 310 g/mol. The molecule has 0 radical (unpaired) electrons. The van der Waals surface area contributed by atoms with Crippen LogP contribution < -0.4 is 0 Å². The average Bonchev–Trinajstić information content (AvgIpc) is 3.02. The summed E-state index contributed by atoms with van der Waals surface area (Å²) in [6.07, 6.45) is 4.54. The zero-order valence-corrected chi connectivity index (χ0v) is 14.2. The Morgan fingerprint density at radius 3 is 2.61 bits per heavy atom. The molecule has 1 aromatic heterocycles. The fraction of sp³-hybridized carbons (Fsp3) is 0.444. The summed E-state index contributed by atoms with van der Waals surface area (Å²) in [7, 11) is 2.10. The van der Waals surface area contributed by atoms with E-state index in [1.54, 1.807) is 6.20 Å². The normalized spacial score (nSPS) is 18.2. The number of carbonyl (C=O) groups excluding carboxylic acids is 1. The van der Waals surface area contributed by atoms with Crippen molar-refractivity contribution in [2.24, 2.45) is 0 Å². The highest BCUT2D eigenvalue weighted by Crippen LogP contribution is 2.27. The summed E-state index contributed by atoms with van der Waals surface area (Å²) in [5.41, 5.74) is 2.69. The third kappa shape index (κ3) is 4.34.